The largest absolute Gasteiger partial charge is 0.325 e. The van der Waals surface area contributed by atoms with E-state index in [1.165, 1.54) is 11.8 Å². The monoisotopic (exact) mass is 296 g/mol. The van der Waals surface area contributed by atoms with Gasteiger partial charge in [-0.25, -0.2) is 0 Å². The van der Waals surface area contributed by atoms with Crippen LogP contribution in [0.2, 0.25) is 0 Å². The molecule has 106 valence electrons. The second-order valence-corrected chi connectivity index (χ2v) is 5.61. The minimum atomic E-state index is -0.0243. The van der Waals surface area contributed by atoms with Crippen molar-refractivity contribution in [2.45, 2.75) is 12.7 Å². The molecule has 4 heteroatoms. The van der Waals surface area contributed by atoms with Crippen LogP contribution in [0.5, 0.6) is 0 Å². The van der Waals surface area contributed by atoms with E-state index in [-0.39, 0.29) is 5.91 Å². The van der Waals surface area contributed by atoms with Crippen molar-refractivity contribution in [3.05, 3.63) is 65.2 Å². The van der Waals surface area contributed by atoms with Crippen LogP contribution in [0.15, 0.2) is 48.5 Å². The Morgan fingerprint density at radius 2 is 1.90 bits per heavy atom. The van der Waals surface area contributed by atoms with Crippen molar-refractivity contribution in [1.29, 1.82) is 5.26 Å². The number of amides is 1. The van der Waals surface area contributed by atoms with Gasteiger partial charge in [-0.1, -0.05) is 36.4 Å². The summed E-state index contributed by atoms with van der Waals surface area (Å²) in [6, 6.07) is 17.3. The molecule has 0 heterocycles. The van der Waals surface area contributed by atoms with Crippen molar-refractivity contribution in [2.24, 2.45) is 0 Å². The molecule has 0 aliphatic heterocycles. The number of nitriles is 1. The minimum Gasteiger partial charge on any atom is -0.325 e. The van der Waals surface area contributed by atoms with Crippen LogP contribution >= 0.6 is 11.8 Å². The van der Waals surface area contributed by atoms with Gasteiger partial charge in [0.15, 0.2) is 0 Å². The standard InChI is InChI=1S/C17H16N2OS/c1-13-6-2-5-9-16(13)19-17(20)12-21-11-15-8-4-3-7-14(15)10-18/h2-9H,11-12H2,1H3,(H,19,20). The highest BCUT2D eigenvalue weighted by molar-refractivity contribution is 7.99. The predicted octanol–water partition coefficient (Wildman–Crippen LogP) is 3.74. The Hall–Kier alpha value is -2.25. The molecule has 21 heavy (non-hydrogen) atoms. The number of hydrogen-bond donors (Lipinski definition) is 1. The molecule has 1 amide bonds. The third-order valence-electron chi connectivity index (χ3n) is 3.05. The molecule has 1 N–H and O–H groups in total. The summed E-state index contributed by atoms with van der Waals surface area (Å²) in [6.45, 7) is 1.96. The Balaban J connectivity index is 1.85. The first kappa shape index (κ1) is 15.1. The van der Waals surface area contributed by atoms with Gasteiger partial charge in [0, 0.05) is 11.4 Å². The molecule has 0 saturated heterocycles. The molecule has 0 aliphatic rings. The van der Waals surface area contributed by atoms with Crippen LogP contribution in [-0.4, -0.2) is 11.7 Å². The van der Waals surface area contributed by atoms with Crippen molar-refractivity contribution in [2.75, 3.05) is 11.1 Å². The number of nitrogens with zero attached hydrogens (tertiary/aromatic N) is 1. The molecule has 0 aliphatic carbocycles. The number of thioether (sulfide) groups is 1. The van der Waals surface area contributed by atoms with Crippen LogP contribution in [-0.2, 0) is 10.5 Å². The van der Waals surface area contributed by atoms with Crippen molar-refractivity contribution in [1.82, 2.24) is 0 Å². The Bertz CT molecular complexity index is 676. The highest BCUT2D eigenvalue weighted by atomic mass is 32.2. The maximum atomic E-state index is 11.9. The highest BCUT2D eigenvalue weighted by Crippen LogP contribution is 2.17. The first-order valence-corrected chi connectivity index (χ1v) is 7.77. The van der Waals surface area contributed by atoms with Crippen molar-refractivity contribution < 1.29 is 4.79 Å². The van der Waals surface area contributed by atoms with Gasteiger partial charge in [-0.05, 0) is 30.2 Å². The van der Waals surface area contributed by atoms with Gasteiger partial charge in [0.25, 0.3) is 0 Å². The molecule has 0 aromatic heterocycles. The molecule has 0 saturated carbocycles. The summed E-state index contributed by atoms with van der Waals surface area (Å²) >= 11 is 1.51. The van der Waals surface area contributed by atoms with Gasteiger partial charge in [0.2, 0.25) is 5.91 Å². The van der Waals surface area contributed by atoms with Gasteiger partial charge in [0.1, 0.15) is 0 Å². The van der Waals surface area contributed by atoms with E-state index in [9.17, 15) is 4.79 Å². The summed E-state index contributed by atoms with van der Waals surface area (Å²) in [4.78, 5) is 11.9. The first-order chi connectivity index (χ1) is 10.2. The Kier molecular flexibility index (Phi) is 5.42. The van der Waals surface area contributed by atoms with Crippen LogP contribution < -0.4 is 5.32 Å². The SMILES string of the molecule is Cc1ccccc1NC(=O)CSCc1ccccc1C#N. The molecular formula is C17H16N2OS. The zero-order valence-corrected chi connectivity index (χ0v) is 12.6. The molecule has 2 aromatic rings. The molecule has 2 rings (SSSR count). The normalized spacial score (nSPS) is 9.90. The number of nitrogens with one attached hydrogen (secondary N) is 1. The predicted molar refractivity (Wildman–Crippen MR) is 87.1 cm³/mol. The van der Waals surface area contributed by atoms with Gasteiger partial charge in [-0.2, -0.15) is 5.26 Å². The maximum Gasteiger partial charge on any atom is 0.234 e. The number of aryl methyl sites for hydroxylation is 1. The number of rotatable bonds is 5. The lowest BCUT2D eigenvalue weighted by molar-refractivity contribution is -0.113. The van der Waals surface area contributed by atoms with Crippen molar-refractivity contribution in [3.8, 4) is 6.07 Å². The molecule has 0 unspecified atom stereocenters. The van der Waals surface area contributed by atoms with Crippen LogP contribution in [0.4, 0.5) is 5.69 Å². The molecule has 0 atom stereocenters. The van der Waals surface area contributed by atoms with Gasteiger partial charge in [-0.3, -0.25) is 4.79 Å². The van der Waals surface area contributed by atoms with Gasteiger partial charge < -0.3 is 5.32 Å². The van der Waals surface area contributed by atoms with E-state index in [4.69, 9.17) is 5.26 Å². The zero-order valence-electron chi connectivity index (χ0n) is 11.8. The molecule has 2 aromatic carbocycles. The first-order valence-electron chi connectivity index (χ1n) is 6.62. The molecule has 0 bridgehead atoms. The lowest BCUT2D eigenvalue weighted by Crippen LogP contribution is -2.14. The van der Waals surface area contributed by atoms with Gasteiger partial charge >= 0.3 is 0 Å². The lowest BCUT2D eigenvalue weighted by Gasteiger charge is -2.08. The number of benzene rings is 2. The van der Waals surface area contributed by atoms with Crippen LogP contribution in [0.3, 0.4) is 0 Å². The average Bonchev–Trinajstić information content (AvgIpc) is 2.50. The summed E-state index contributed by atoms with van der Waals surface area (Å²) in [5.41, 5.74) is 3.53. The molecule has 3 nitrogen and oxygen atoms in total. The molecule has 0 spiro atoms. The lowest BCUT2D eigenvalue weighted by atomic mass is 10.1. The van der Waals surface area contributed by atoms with Crippen molar-refractivity contribution in [3.63, 3.8) is 0 Å². The number of carbonyl (C=O) groups excluding carboxylic acids is 1. The summed E-state index contributed by atoms with van der Waals surface area (Å²) in [7, 11) is 0. The van der Waals surface area contributed by atoms with E-state index in [1.54, 1.807) is 6.07 Å². The number of para-hydroxylation sites is 1. The third kappa shape index (κ3) is 4.37. The Morgan fingerprint density at radius 1 is 1.19 bits per heavy atom. The van der Waals surface area contributed by atoms with Gasteiger partial charge in [-0.15, -0.1) is 11.8 Å². The van der Waals surface area contributed by atoms with E-state index in [0.717, 1.165) is 16.8 Å². The van der Waals surface area contributed by atoms with E-state index >= 15 is 0 Å². The second-order valence-electron chi connectivity index (χ2n) is 4.62. The molecular weight excluding hydrogens is 280 g/mol. The van der Waals surface area contributed by atoms with E-state index < -0.39 is 0 Å². The van der Waals surface area contributed by atoms with E-state index in [1.807, 2.05) is 49.4 Å². The summed E-state index contributed by atoms with van der Waals surface area (Å²) in [6.07, 6.45) is 0. The summed E-state index contributed by atoms with van der Waals surface area (Å²) in [5, 5.41) is 11.9. The number of carbonyl (C=O) groups is 1. The smallest absolute Gasteiger partial charge is 0.234 e. The fraction of sp³-hybridized carbons (Fsp3) is 0.176. The van der Waals surface area contributed by atoms with Crippen LogP contribution in [0, 0.1) is 18.3 Å². The Labute approximate surface area is 129 Å². The fourth-order valence-electron chi connectivity index (χ4n) is 1.91. The maximum absolute atomic E-state index is 11.9. The minimum absolute atomic E-state index is 0.0243. The van der Waals surface area contributed by atoms with E-state index in [2.05, 4.69) is 11.4 Å². The topological polar surface area (TPSA) is 52.9 Å². The number of anilines is 1. The van der Waals surface area contributed by atoms with E-state index in [0.29, 0.717) is 17.1 Å². The summed E-state index contributed by atoms with van der Waals surface area (Å²) < 4.78 is 0. The van der Waals surface area contributed by atoms with Crippen LogP contribution in [0.25, 0.3) is 0 Å². The van der Waals surface area contributed by atoms with Crippen LogP contribution in [0.1, 0.15) is 16.7 Å². The summed E-state index contributed by atoms with van der Waals surface area (Å²) in [5.74, 6) is 1.00. The average molecular weight is 296 g/mol. The van der Waals surface area contributed by atoms with Crippen molar-refractivity contribution >= 4 is 23.4 Å². The molecule has 0 radical (unpaired) electrons. The third-order valence-corrected chi connectivity index (χ3v) is 4.03. The van der Waals surface area contributed by atoms with Gasteiger partial charge in [0.05, 0.1) is 17.4 Å². The highest BCUT2D eigenvalue weighted by Gasteiger charge is 2.06. The molecule has 0 fully saturated rings. The fourth-order valence-corrected chi connectivity index (χ4v) is 2.74. The Morgan fingerprint density at radius 3 is 2.67 bits per heavy atom. The quantitative estimate of drug-likeness (QED) is 0.914. The zero-order chi connectivity index (χ0) is 15.1. The number of hydrogen-bond acceptors (Lipinski definition) is 3. The second kappa shape index (κ2) is 7.51.